The predicted molar refractivity (Wildman–Crippen MR) is 85.1 cm³/mol. The first-order valence-electron chi connectivity index (χ1n) is 8.26. The Bertz CT molecular complexity index is 717. The first-order chi connectivity index (χ1) is 10.6. The van der Waals surface area contributed by atoms with Crippen LogP contribution in [-0.2, 0) is 16.9 Å². The molecule has 2 aliphatic rings. The summed E-state index contributed by atoms with van der Waals surface area (Å²) in [7, 11) is 0. The molecule has 1 N–H and O–H groups in total. The van der Waals surface area contributed by atoms with E-state index in [2.05, 4.69) is 30.7 Å². The Morgan fingerprint density at radius 3 is 2.77 bits per heavy atom. The Morgan fingerprint density at radius 2 is 2.09 bits per heavy atom. The lowest BCUT2D eigenvalue weighted by Gasteiger charge is -2.30. The number of nitrogens with one attached hydrogen (secondary N) is 1. The molecule has 0 atom stereocenters. The van der Waals surface area contributed by atoms with Crippen LogP contribution in [0.15, 0.2) is 0 Å². The number of hydrogen-bond acceptors (Lipinski definition) is 5. The van der Waals surface area contributed by atoms with Crippen molar-refractivity contribution in [2.24, 2.45) is 0 Å². The zero-order valence-electron chi connectivity index (χ0n) is 13.5. The molecule has 1 fully saturated rings. The summed E-state index contributed by atoms with van der Waals surface area (Å²) in [6.07, 6.45) is 3.69. The van der Waals surface area contributed by atoms with Crippen LogP contribution in [0, 0.1) is 0 Å². The fourth-order valence-electron chi connectivity index (χ4n) is 3.29. The van der Waals surface area contributed by atoms with Gasteiger partial charge in [-0.05, 0) is 33.6 Å². The molecule has 0 spiro atoms. The number of nitrogens with zero attached hydrogens (tertiary/aromatic N) is 4. The van der Waals surface area contributed by atoms with Gasteiger partial charge in [0.05, 0.1) is 6.61 Å². The van der Waals surface area contributed by atoms with Gasteiger partial charge in [-0.3, -0.25) is 0 Å². The molecular formula is C16H23N5O. The van der Waals surface area contributed by atoms with Crippen LogP contribution in [0.4, 0.5) is 5.82 Å². The molecule has 2 aromatic rings. The molecule has 2 aromatic heterocycles. The predicted octanol–water partition coefficient (Wildman–Crippen LogP) is 2.79. The molecule has 118 valence electrons. The Kier molecular flexibility index (Phi) is 3.11. The average molecular weight is 301 g/mol. The van der Waals surface area contributed by atoms with Crippen molar-refractivity contribution < 1.29 is 4.74 Å². The van der Waals surface area contributed by atoms with Crippen molar-refractivity contribution in [1.82, 2.24) is 19.5 Å². The van der Waals surface area contributed by atoms with Gasteiger partial charge in [0.15, 0.2) is 17.0 Å². The number of anilines is 1. The van der Waals surface area contributed by atoms with Gasteiger partial charge in [-0.1, -0.05) is 6.42 Å². The van der Waals surface area contributed by atoms with Gasteiger partial charge in [-0.25, -0.2) is 15.0 Å². The summed E-state index contributed by atoms with van der Waals surface area (Å²) in [6.45, 7) is 8.55. The third-order valence-corrected chi connectivity index (χ3v) is 4.74. The molecule has 4 rings (SSSR count). The topological polar surface area (TPSA) is 64.9 Å². The van der Waals surface area contributed by atoms with E-state index in [1.54, 1.807) is 0 Å². The Labute approximate surface area is 130 Å². The van der Waals surface area contributed by atoms with E-state index in [9.17, 15) is 0 Å². The third kappa shape index (κ3) is 2.00. The van der Waals surface area contributed by atoms with Crippen molar-refractivity contribution in [3.63, 3.8) is 0 Å². The minimum absolute atomic E-state index is 0.376. The number of ether oxygens (including phenoxy) is 1. The summed E-state index contributed by atoms with van der Waals surface area (Å²) in [5.41, 5.74) is 1.46. The lowest BCUT2D eigenvalue weighted by molar-refractivity contribution is -0.0530. The van der Waals surface area contributed by atoms with Crippen LogP contribution in [0.1, 0.15) is 57.6 Å². The molecule has 0 amide bonds. The fraction of sp³-hybridized carbons (Fsp3) is 0.688. The summed E-state index contributed by atoms with van der Waals surface area (Å²) in [5.74, 6) is 3.31. The second-order valence-corrected chi connectivity index (χ2v) is 6.71. The lowest BCUT2D eigenvalue weighted by Crippen LogP contribution is -2.33. The number of imidazole rings is 1. The zero-order valence-corrected chi connectivity index (χ0v) is 13.5. The van der Waals surface area contributed by atoms with E-state index < -0.39 is 0 Å². The van der Waals surface area contributed by atoms with E-state index in [1.807, 2.05) is 0 Å². The second-order valence-electron chi connectivity index (χ2n) is 6.71. The first kappa shape index (κ1) is 13.9. The number of hydrogen-bond donors (Lipinski definition) is 1. The minimum Gasteiger partial charge on any atom is -0.368 e. The van der Waals surface area contributed by atoms with E-state index in [1.165, 1.54) is 19.3 Å². The fourth-order valence-corrected chi connectivity index (χ4v) is 3.29. The minimum atomic E-state index is -0.376. The molecule has 0 unspecified atom stereocenters. The summed E-state index contributed by atoms with van der Waals surface area (Å²) in [6, 6.07) is 0. The van der Waals surface area contributed by atoms with Crippen LogP contribution in [0.5, 0.6) is 0 Å². The quantitative estimate of drug-likeness (QED) is 0.944. The Balaban J connectivity index is 1.93. The van der Waals surface area contributed by atoms with Crippen molar-refractivity contribution in [1.29, 1.82) is 0 Å². The molecule has 0 aromatic carbocycles. The van der Waals surface area contributed by atoms with Gasteiger partial charge in [0.25, 0.3) is 0 Å². The highest BCUT2D eigenvalue weighted by Crippen LogP contribution is 2.37. The number of aromatic nitrogens is 4. The van der Waals surface area contributed by atoms with Crippen LogP contribution in [0.25, 0.3) is 11.2 Å². The molecule has 1 aliphatic carbocycles. The maximum atomic E-state index is 5.88. The zero-order chi connectivity index (χ0) is 15.3. The van der Waals surface area contributed by atoms with E-state index in [-0.39, 0.29) is 5.60 Å². The monoisotopic (exact) mass is 301 g/mol. The summed E-state index contributed by atoms with van der Waals surface area (Å²) >= 11 is 0. The maximum Gasteiger partial charge on any atom is 0.166 e. The Hall–Kier alpha value is -1.69. The molecule has 6 heteroatoms. The lowest BCUT2D eigenvalue weighted by atomic mass is 9.85. The van der Waals surface area contributed by atoms with Crippen molar-refractivity contribution in [2.45, 2.75) is 58.1 Å². The smallest absolute Gasteiger partial charge is 0.166 e. The van der Waals surface area contributed by atoms with Crippen molar-refractivity contribution >= 4 is 17.0 Å². The van der Waals surface area contributed by atoms with Gasteiger partial charge >= 0.3 is 0 Å². The molecule has 0 bridgehead atoms. The highest BCUT2D eigenvalue weighted by atomic mass is 16.5. The van der Waals surface area contributed by atoms with Gasteiger partial charge < -0.3 is 14.6 Å². The van der Waals surface area contributed by atoms with Gasteiger partial charge in [0.1, 0.15) is 17.2 Å². The second kappa shape index (κ2) is 4.91. The molecule has 3 heterocycles. The van der Waals surface area contributed by atoms with E-state index >= 15 is 0 Å². The highest BCUT2D eigenvalue weighted by Gasteiger charge is 2.34. The third-order valence-electron chi connectivity index (χ3n) is 4.74. The summed E-state index contributed by atoms with van der Waals surface area (Å²) in [4.78, 5) is 14.5. The molecule has 6 nitrogen and oxygen atoms in total. The van der Waals surface area contributed by atoms with E-state index in [0.717, 1.165) is 41.7 Å². The molecular weight excluding hydrogens is 278 g/mol. The standard InChI is InChI=1S/C16H23N5O/c1-4-17-13-11-14(20-12(19-13)10-6-5-7-10)21-8-9-22-16(2,3)15(21)18-11/h10H,4-9H2,1-3H3,(H,17,19,20). The highest BCUT2D eigenvalue weighted by molar-refractivity contribution is 5.84. The van der Waals surface area contributed by atoms with Crippen LogP contribution < -0.4 is 5.32 Å². The van der Waals surface area contributed by atoms with Crippen LogP contribution in [0.2, 0.25) is 0 Å². The van der Waals surface area contributed by atoms with Crippen molar-refractivity contribution in [2.75, 3.05) is 18.5 Å². The summed E-state index contributed by atoms with van der Waals surface area (Å²) in [5, 5.41) is 3.36. The van der Waals surface area contributed by atoms with Gasteiger partial charge in [0, 0.05) is 19.0 Å². The Morgan fingerprint density at radius 1 is 1.27 bits per heavy atom. The van der Waals surface area contributed by atoms with Gasteiger partial charge in [0.2, 0.25) is 0 Å². The maximum absolute atomic E-state index is 5.88. The van der Waals surface area contributed by atoms with Crippen LogP contribution in [-0.4, -0.2) is 32.7 Å². The van der Waals surface area contributed by atoms with Crippen molar-refractivity contribution in [3.05, 3.63) is 11.6 Å². The number of rotatable bonds is 3. The first-order valence-corrected chi connectivity index (χ1v) is 8.26. The molecule has 1 saturated carbocycles. The SMILES string of the molecule is CCNc1nc(C2CCC2)nc2c1nc1n2CCOC1(C)C. The van der Waals surface area contributed by atoms with Gasteiger partial charge in [-0.15, -0.1) is 0 Å². The molecule has 0 saturated heterocycles. The van der Waals surface area contributed by atoms with E-state index in [4.69, 9.17) is 19.7 Å². The number of fused-ring (bicyclic) bond motifs is 3. The summed E-state index contributed by atoms with van der Waals surface area (Å²) < 4.78 is 8.09. The molecule has 1 aliphatic heterocycles. The van der Waals surface area contributed by atoms with E-state index in [0.29, 0.717) is 12.5 Å². The van der Waals surface area contributed by atoms with Crippen LogP contribution >= 0.6 is 0 Å². The molecule has 0 radical (unpaired) electrons. The van der Waals surface area contributed by atoms with Gasteiger partial charge in [-0.2, -0.15) is 0 Å². The molecule has 22 heavy (non-hydrogen) atoms. The largest absolute Gasteiger partial charge is 0.368 e. The van der Waals surface area contributed by atoms with Crippen LogP contribution in [0.3, 0.4) is 0 Å². The van der Waals surface area contributed by atoms with Crippen molar-refractivity contribution in [3.8, 4) is 0 Å². The normalized spacial score (nSPS) is 20.7. The average Bonchev–Trinajstić information content (AvgIpc) is 2.78.